The molecular weight excluding hydrogens is 542 g/mol. The number of hydrogen-bond donors (Lipinski definition) is 1. The van der Waals surface area contributed by atoms with E-state index in [9.17, 15) is 9.90 Å². The predicted molar refractivity (Wildman–Crippen MR) is 161 cm³/mol. The van der Waals surface area contributed by atoms with Gasteiger partial charge in [-0.05, 0) is 81.3 Å². The molecule has 1 atom stereocenters. The van der Waals surface area contributed by atoms with Crippen molar-refractivity contribution in [3.63, 3.8) is 0 Å². The van der Waals surface area contributed by atoms with Crippen LogP contribution >= 0.6 is 22.9 Å². The summed E-state index contributed by atoms with van der Waals surface area (Å²) in [6, 6.07) is 21.4. The molecule has 1 fully saturated rings. The Morgan fingerprint density at radius 2 is 1.70 bits per heavy atom. The fourth-order valence-corrected chi connectivity index (χ4v) is 6.67. The van der Waals surface area contributed by atoms with E-state index in [1.165, 1.54) is 19.3 Å². The van der Waals surface area contributed by atoms with Gasteiger partial charge in [-0.3, -0.25) is 0 Å². The number of aromatic nitrogens is 3. The number of imidazole rings is 1. The molecule has 204 valence electrons. The summed E-state index contributed by atoms with van der Waals surface area (Å²) in [6.07, 6.45) is 5.64. The summed E-state index contributed by atoms with van der Waals surface area (Å²) < 4.78 is 8.71. The Bertz CT molecular complexity index is 1670. The molecule has 6 rings (SSSR count). The maximum Gasteiger partial charge on any atom is 0.335 e. The van der Waals surface area contributed by atoms with Crippen LogP contribution in [0.25, 0.3) is 33.7 Å². The number of fused-ring (bicyclic) bond motifs is 1. The Balaban J connectivity index is 1.30. The molecule has 2 heterocycles. The van der Waals surface area contributed by atoms with E-state index in [0.29, 0.717) is 16.6 Å². The van der Waals surface area contributed by atoms with E-state index in [4.69, 9.17) is 26.3 Å². The number of rotatable bonds is 7. The van der Waals surface area contributed by atoms with Crippen molar-refractivity contribution in [3.8, 4) is 28.4 Å². The molecule has 1 saturated carbocycles. The monoisotopic (exact) mass is 571 g/mol. The first-order chi connectivity index (χ1) is 19.4. The summed E-state index contributed by atoms with van der Waals surface area (Å²) in [7, 11) is 0. The molecule has 6 nitrogen and oxygen atoms in total. The van der Waals surface area contributed by atoms with Gasteiger partial charge in [0.25, 0.3) is 0 Å². The molecule has 40 heavy (non-hydrogen) atoms. The lowest BCUT2D eigenvalue weighted by molar-refractivity contribution is 0.0697. The van der Waals surface area contributed by atoms with Gasteiger partial charge < -0.3 is 14.4 Å². The first kappa shape index (κ1) is 26.5. The van der Waals surface area contributed by atoms with Gasteiger partial charge in [0.2, 0.25) is 0 Å². The molecule has 1 N–H and O–H groups in total. The van der Waals surface area contributed by atoms with Gasteiger partial charge in [0.1, 0.15) is 17.7 Å². The second-order valence-electron chi connectivity index (χ2n) is 10.3. The van der Waals surface area contributed by atoms with E-state index < -0.39 is 5.97 Å². The van der Waals surface area contributed by atoms with Gasteiger partial charge in [0.15, 0.2) is 0 Å². The minimum absolute atomic E-state index is 0.191. The van der Waals surface area contributed by atoms with Crippen LogP contribution in [0.3, 0.4) is 0 Å². The molecular formula is C32H30ClN3O3S. The summed E-state index contributed by atoms with van der Waals surface area (Å²) in [5.74, 6) is 0.687. The predicted octanol–water partition coefficient (Wildman–Crippen LogP) is 9.13. The molecule has 0 spiro atoms. The fraction of sp³-hybridized carbons (Fsp3) is 0.281. The smallest absolute Gasteiger partial charge is 0.335 e. The van der Waals surface area contributed by atoms with Crippen LogP contribution in [0.2, 0.25) is 5.02 Å². The molecule has 1 aliphatic carbocycles. The van der Waals surface area contributed by atoms with Crippen molar-refractivity contribution in [1.29, 1.82) is 0 Å². The van der Waals surface area contributed by atoms with E-state index in [0.717, 1.165) is 56.6 Å². The standard InChI is InChI=1S/C32H30ClN3O3S/c1-19(30-29(34-20(2)40-30)21-8-13-24(33)14-9-21)39-26-15-10-22(11-16-26)31-35-27-18-23(32(37)38)12-17-28(27)36(31)25-6-4-3-5-7-25/h8-19,25H,3-7H2,1-2H3,(H,37,38). The molecule has 3 aromatic carbocycles. The first-order valence-corrected chi connectivity index (χ1v) is 14.8. The van der Waals surface area contributed by atoms with E-state index >= 15 is 0 Å². The van der Waals surface area contributed by atoms with Crippen LogP contribution < -0.4 is 4.74 Å². The zero-order chi connectivity index (χ0) is 27.8. The number of thiazole rings is 1. The highest BCUT2D eigenvalue weighted by molar-refractivity contribution is 7.12. The molecule has 2 aromatic heterocycles. The van der Waals surface area contributed by atoms with E-state index in [1.807, 2.05) is 68.4 Å². The van der Waals surface area contributed by atoms with Crippen LogP contribution in [0.1, 0.15) is 71.4 Å². The van der Waals surface area contributed by atoms with Crippen LogP contribution in [0.5, 0.6) is 5.75 Å². The maximum atomic E-state index is 11.6. The van der Waals surface area contributed by atoms with Gasteiger partial charge in [-0.25, -0.2) is 14.8 Å². The molecule has 1 unspecified atom stereocenters. The molecule has 8 heteroatoms. The molecule has 1 aliphatic rings. The third-order valence-electron chi connectivity index (χ3n) is 7.55. The number of carboxylic acids is 1. The fourth-order valence-electron chi connectivity index (χ4n) is 5.62. The lowest BCUT2D eigenvalue weighted by atomic mass is 9.95. The summed E-state index contributed by atoms with van der Waals surface area (Å²) in [5, 5.41) is 11.2. The van der Waals surface area contributed by atoms with Crippen LogP contribution in [-0.4, -0.2) is 25.6 Å². The molecule has 0 bridgehead atoms. The molecule has 0 amide bonds. The molecule has 0 radical (unpaired) electrons. The summed E-state index contributed by atoms with van der Waals surface area (Å²) in [4.78, 5) is 22.4. The lowest BCUT2D eigenvalue weighted by Gasteiger charge is -2.25. The van der Waals surface area contributed by atoms with Gasteiger partial charge in [-0.1, -0.05) is 43.0 Å². The average molecular weight is 572 g/mol. The summed E-state index contributed by atoms with van der Waals surface area (Å²) in [5.41, 5.74) is 4.86. The van der Waals surface area contributed by atoms with Crippen molar-refractivity contribution >= 4 is 39.9 Å². The Hall–Kier alpha value is -3.68. The van der Waals surface area contributed by atoms with Gasteiger partial charge in [0, 0.05) is 22.2 Å². The van der Waals surface area contributed by atoms with Gasteiger partial charge in [-0.15, -0.1) is 11.3 Å². The zero-order valence-electron chi connectivity index (χ0n) is 22.4. The molecule has 0 saturated heterocycles. The number of halogens is 1. The number of nitrogens with zero attached hydrogens (tertiary/aromatic N) is 3. The Labute approximate surface area is 242 Å². The minimum atomic E-state index is -0.943. The third-order valence-corrected chi connectivity index (χ3v) is 8.93. The first-order valence-electron chi connectivity index (χ1n) is 13.6. The van der Waals surface area contributed by atoms with Crippen molar-refractivity contribution in [2.24, 2.45) is 0 Å². The minimum Gasteiger partial charge on any atom is -0.485 e. The normalized spacial score (nSPS) is 14.9. The Morgan fingerprint density at radius 3 is 2.40 bits per heavy atom. The Kier molecular flexibility index (Phi) is 7.34. The SMILES string of the molecule is Cc1nc(-c2ccc(Cl)cc2)c(C(C)Oc2ccc(-c3nc4cc(C(=O)O)ccc4n3C3CCCCC3)cc2)s1. The number of aryl methyl sites for hydroxylation is 1. The van der Waals surface area contributed by atoms with Gasteiger partial charge in [0.05, 0.1) is 32.2 Å². The van der Waals surface area contributed by atoms with Gasteiger partial charge >= 0.3 is 5.97 Å². The third kappa shape index (κ3) is 5.23. The maximum absolute atomic E-state index is 11.6. The largest absolute Gasteiger partial charge is 0.485 e. The zero-order valence-corrected chi connectivity index (χ0v) is 24.0. The van der Waals surface area contributed by atoms with Crippen molar-refractivity contribution < 1.29 is 14.6 Å². The topological polar surface area (TPSA) is 77.2 Å². The van der Waals surface area contributed by atoms with Crippen molar-refractivity contribution in [2.75, 3.05) is 0 Å². The van der Waals surface area contributed by atoms with Gasteiger partial charge in [-0.2, -0.15) is 0 Å². The number of ether oxygens (including phenoxy) is 1. The number of hydrogen-bond acceptors (Lipinski definition) is 5. The number of aromatic carboxylic acids is 1. The highest BCUT2D eigenvalue weighted by Crippen LogP contribution is 2.38. The van der Waals surface area contributed by atoms with Crippen molar-refractivity contribution in [2.45, 2.75) is 58.1 Å². The number of benzene rings is 3. The number of carboxylic acid groups (broad SMARTS) is 1. The van der Waals surface area contributed by atoms with Crippen molar-refractivity contribution in [3.05, 3.63) is 87.2 Å². The van der Waals surface area contributed by atoms with Crippen LogP contribution in [0.15, 0.2) is 66.7 Å². The second-order valence-corrected chi connectivity index (χ2v) is 12.0. The lowest BCUT2D eigenvalue weighted by Crippen LogP contribution is -2.14. The van der Waals surface area contributed by atoms with E-state index in [1.54, 1.807) is 23.5 Å². The highest BCUT2D eigenvalue weighted by Gasteiger charge is 2.24. The molecule has 5 aromatic rings. The average Bonchev–Trinajstić information content (AvgIpc) is 3.55. The van der Waals surface area contributed by atoms with Crippen LogP contribution in [0, 0.1) is 6.92 Å². The molecule has 0 aliphatic heterocycles. The van der Waals surface area contributed by atoms with E-state index in [-0.39, 0.29) is 11.7 Å². The second kappa shape index (κ2) is 11.1. The summed E-state index contributed by atoms with van der Waals surface area (Å²) >= 11 is 7.73. The number of carbonyl (C=O) groups is 1. The van der Waals surface area contributed by atoms with Crippen molar-refractivity contribution in [1.82, 2.24) is 14.5 Å². The van der Waals surface area contributed by atoms with E-state index in [2.05, 4.69) is 4.57 Å². The van der Waals surface area contributed by atoms with Crippen LogP contribution in [0.4, 0.5) is 0 Å². The summed E-state index contributed by atoms with van der Waals surface area (Å²) in [6.45, 7) is 4.05. The Morgan fingerprint density at radius 1 is 1.00 bits per heavy atom. The quantitative estimate of drug-likeness (QED) is 0.211. The van der Waals surface area contributed by atoms with Crippen LogP contribution in [-0.2, 0) is 0 Å². The highest BCUT2D eigenvalue weighted by atomic mass is 35.5.